The summed E-state index contributed by atoms with van der Waals surface area (Å²) in [7, 11) is 0. The van der Waals surface area contributed by atoms with Crippen LogP contribution in [-0.2, 0) is 24.0 Å². The van der Waals surface area contributed by atoms with Gasteiger partial charge >= 0.3 is 5.97 Å². The summed E-state index contributed by atoms with van der Waals surface area (Å²) >= 11 is 0. The van der Waals surface area contributed by atoms with Crippen molar-refractivity contribution < 1.29 is 34.2 Å². The van der Waals surface area contributed by atoms with Crippen molar-refractivity contribution in [3.05, 3.63) is 11.6 Å². The second kappa shape index (κ2) is 12.5. The number of nitrogens with one attached hydrogen (secondary N) is 2. The summed E-state index contributed by atoms with van der Waals surface area (Å²) in [6.07, 6.45) is 11.0. The van der Waals surface area contributed by atoms with Crippen molar-refractivity contribution in [1.29, 1.82) is 0 Å². The van der Waals surface area contributed by atoms with Crippen molar-refractivity contribution in [1.82, 2.24) is 10.6 Å². The number of Topliss-reactive ketones (excluding diaryl/α,β-unsaturated/α-hetero) is 1. The number of unbranched alkanes of at least 4 members (excludes halogenated alkanes) is 1. The lowest BCUT2D eigenvalue weighted by Crippen LogP contribution is -2.57. The van der Waals surface area contributed by atoms with Crippen LogP contribution in [0.5, 0.6) is 0 Å². The van der Waals surface area contributed by atoms with E-state index in [-0.39, 0.29) is 23.2 Å². The summed E-state index contributed by atoms with van der Waals surface area (Å²) in [6.45, 7) is 9.14. The van der Waals surface area contributed by atoms with Gasteiger partial charge in [-0.3, -0.25) is 14.4 Å². The topological polar surface area (TPSA) is 154 Å². The highest BCUT2D eigenvalue weighted by molar-refractivity contribution is 5.96. The number of ketones is 1. The fourth-order valence-corrected chi connectivity index (χ4v) is 8.72. The third kappa shape index (κ3) is 5.88. The third-order valence-corrected chi connectivity index (χ3v) is 11.3. The number of carbonyl (C=O) groups excluding carboxylic acids is 3. The van der Waals surface area contributed by atoms with Crippen LogP contribution in [0.2, 0.25) is 0 Å². The predicted octanol–water partition coefficient (Wildman–Crippen LogP) is 3.91. The molecule has 0 heterocycles. The lowest BCUT2D eigenvalue weighted by molar-refractivity contribution is -0.159. The Kier molecular flexibility index (Phi) is 9.55. The van der Waals surface area contributed by atoms with E-state index in [0.717, 1.165) is 57.1 Å². The van der Waals surface area contributed by atoms with E-state index in [4.69, 9.17) is 4.84 Å². The highest BCUT2D eigenvalue weighted by atomic mass is 16.6. The Morgan fingerprint density at radius 2 is 1.79 bits per heavy atom. The number of aliphatic hydroxyl groups is 1. The van der Waals surface area contributed by atoms with E-state index >= 15 is 0 Å². The van der Waals surface area contributed by atoms with E-state index in [1.807, 2.05) is 6.92 Å². The molecule has 0 spiro atoms. The number of carboxylic acid groups (broad SMARTS) is 1. The van der Waals surface area contributed by atoms with Gasteiger partial charge in [-0.1, -0.05) is 44.3 Å². The van der Waals surface area contributed by atoms with Crippen molar-refractivity contribution in [2.24, 2.45) is 33.7 Å². The van der Waals surface area contributed by atoms with Crippen LogP contribution in [0.4, 0.5) is 0 Å². The van der Waals surface area contributed by atoms with Gasteiger partial charge in [0.2, 0.25) is 5.91 Å². The van der Waals surface area contributed by atoms with E-state index in [1.54, 1.807) is 6.92 Å². The van der Waals surface area contributed by atoms with E-state index in [0.29, 0.717) is 37.0 Å². The first kappa shape index (κ1) is 32.2. The molecule has 0 aliphatic heterocycles. The summed E-state index contributed by atoms with van der Waals surface area (Å²) < 4.78 is 0. The van der Waals surface area contributed by atoms with Crippen molar-refractivity contribution >= 4 is 29.3 Å². The number of carbonyl (C=O) groups is 4. The standard InChI is InChI=1S/C32H49N3O7/c1-6-7-8-26(29(39)40)34-28(38)19(2)33-27(37)18-42-35-22-11-14-30(4)21(17-22)9-10-23-24(30)12-15-31(5)25(23)13-16-32(31,41)20(3)36/h17,19,23-26,41H,6-16,18H2,1-5H3,(H,33,37)(H,34,38)(H,39,40)/t19-,23-,24+,25+,26+,30+,31+,32+/m1/s1. The van der Waals surface area contributed by atoms with Gasteiger partial charge in [0.15, 0.2) is 12.4 Å². The Hall–Kier alpha value is -2.75. The van der Waals surface area contributed by atoms with Gasteiger partial charge in [0.05, 0.1) is 5.71 Å². The Morgan fingerprint density at radius 3 is 2.45 bits per heavy atom. The zero-order valence-corrected chi connectivity index (χ0v) is 25.8. The second-order valence-corrected chi connectivity index (χ2v) is 13.6. The van der Waals surface area contributed by atoms with E-state index in [2.05, 4.69) is 35.7 Å². The van der Waals surface area contributed by atoms with Crippen LogP contribution in [0.1, 0.15) is 105 Å². The summed E-state index contributed by atoms with van der Waals surface area (Å²) in [5.74, 6) is -0.895. The van der Waals surface area contributed by atoms with Crippen LogP contribution in [0.3, 0.4) is 0 Å². The van der Waals surface area contributed by atoms with Crippen molar-refractivity contribution in [2.45, 2.75) is 123 Å². The molecule has 4 aliphatic carbocycles. The molecule has 4 N–H and O–H groups in total. The lowest BCUT2D eigenvalue weighted by Gasteiger charge is -2.59. The Morgan fingerprint density at radius 1 is 1.07 bits per heavy atom. The lowest BCUT2D eigenvalue weighted by atomic mass is 9.46. The number of carboxylic acids is 1. The summed E-state index contributed by atoms with van der Waals surface area (Å²) in [5, 5.41) is 29.9. The molecule has 10 nitrogen and oxygen atoms in total. The van der Waals surface area contributed by atoms with Crippen LogP contribution in [0.25, 0.3) is 0 Å². The molecule has 0 radical (unpaired) electrons. The van der Waals surface area contributed by atoms with Gasteiger partial charge in [0, 0.05) is 5.41 Å². The van der Waals surface area contributed by atoms with Crippen molar-refractivity contribution in [3.8, 4) is 0 Å². The molecule has 0 unspecified atom stereocenters. The molecule has 8 atom stereocenters. The largest absolute Gasteiger partial charge is 0.480 e. The van der Waals surface area contributed by atoms with Gasteiger partial charge in [-0.2, -0.15) is 0 Å². The molecular formula is C32H49N3O7. The van der Waals surface area contributed by atoms with Crippen molar-refractivity contribution in [2.75, 3.05) is 6.61 Å². The fraction of sp³-hybridized carbons (Fsp3) is 0.781. The molecule has 234 valence electrons. The smallest absolute Gasteiger partial charge is 0.326 e. The molecule has 10 heteroatoms. The van der Waals surface area contributed by atoms with Gasteiger partial charge < -0.3 is 25.7 Å². The summed E-state index contributed by atoms with van der Waals surface area (Å²) in [4.78, 5) is 54.0. The normalized spacial score (nSPS) is 36.0. The van der Waals surface area contributed by atoms with Gasteiger partial charge in [-0.15, -0.1) is 0 Å². The number of aliphatic carboxylic acids is 1. The molecule has 0 aromatic rings. The van der Waals surface area contributed by atoms with E-state index < -0.39 is 35.5 Å². The van der Waals surface area contributed by atoms with Crippen LogP contribution in [0, 0.1) is 28.6 Å². The number of hydrogen-bond donors (Lipinski definition) is 4. The van der Waals surface area contributed by atoms with Gasteiger partial charge in [0.1, 0.15) is 17.7 Å². The molecule has 0 bridgehead atoms. The third-order valence-electron chi connectivity index (χ3n) is 11.3. The zero-order chi connectivity index (χ0) is 30.9. The van der Waals surface area contributed by atoms with E-state index in [9.17, 15) is 29.4 Å². The number of hydrogen-bond acceptors (Lipinski definition) is 7. The molecule has 3 fully saturated rings. The average molecular weight is 588 g/mol. The molecule has 0 saturated heterocycles. The number of amides is 2. The SMILES string of the molecule is CCCC[C@H](NC(=O)[C@@H](C)NC(=O)CON=C1C=C2CC[C@@H]3[C@H](CC[C@@]4(C)[C@H]3CC[C@]4(O)C(C)=O)[C@@]2(C)CC1)C(=O)O. The Labute approximate surface area is 249 Å². The number of rotatable bonds is 11. The zero-order valence-electron chi connectivity index (χ0n) is 25.8. The highest BCUT2D eigenvalue weighted by Gasteiger charge is 2.65. The molecule has 42 heavy (non-hydrogen) atoms. The molecule has 0 aromatic carbocycles. The number of fused-ring (bicyclic) bond motifs is 5. The van der Waals surface area contributed by atoms with Crippen molar-refractivity contribution in [3.63, 3.8) is 0 Å². The first-order valence-corrected chi connectivity index (χ1v) is 15.7. The Bertz CT molecular complexity index is 1150. The molecule has 2 amide bonds. The number of oxime groups is 1. The van der Waals surface area contributed by atoms with Crippen LogP contribution >= 0.6 is 0 Å². The minimum absolute atomic E-state index is 0.0469. The number of nitrogens with zero attached hydrogens (tertiary/aromatic N) is 1. The maximum absolute atomic E-state index is 12.5. The first-order valence-electron chi connectivity index (χ1n) is 15.7. The summed E-state index contributed by atoms with van der Waals surface area (Å²) in [5.41, 5.74) is 0.662. The van der Waals surface area contributed by atoms with E-state index in [1.165, 1.54) is 12.5 Å². The number of allylic oxidation sites excluding steroid dienone is 2. The predicted molar refractivity (Wildman–Crippen MR) is 157 cm³/mol. The molecular weight excluding hydrogens is 538 g/mol. The van der Waals surface area contributed by atoms with Gasteiger partial charge in [-0.25, -0.2) is 4.79 Å². The minimum atomic E-state index is -1.20. The highest BCUT2D eigenvalue weighted by Crippen LogP contribution is 2.67. The molecule has 0 aromatic heterocycles. The maximum atomic E-state index is 12.5. The van der Waals surface area contributed by atoms with Crippen LogP contribution in [-0.4, -0.2) is 63.8 Å². The Balaban J connectivity index is 1.32. The minimum Gasteiger partial charge on any atom is -0.480 e. The van der Waals surface area contributed by atoms with Gasteiger partial charge in [-0.05, 0) is 101 Å². The molecule has 4 aliphatic rings. The first-order chi connectivity index (χ1) is 19.8. The quantitative estimate of drug-likeness (QED) is 0.267. The summed E-state index contributed by atoms with van der Waals surface area (Å²) in [6, 6.07) is -1.90. The van der Waals surface area contributed by atoms with Crippen LogP contribution in [0.15, 0.2) is 16.8 Å². The van der Waals surface area contributed by atoms with Gasteiger partial charge in [0.25, 0.3) is 5.91 Å². The average Bonchev–Trinajstić information content (AvgIpc) is 3.22. The second-order valence-electron chi connectivity index (χ2n) is 13.6. The maximum Gasteiger partial charge on any atom is 0.326 e. The van der Waals surface area contributed by atoms with Crippen LogP contribution < -0.4 is 10.6 Å². The fourth-order valence-electron chi connectivity index (χ4n) is 8.72. The molecule has 3 saturated carbocycles. The molecule has 4 rings (SSSR count). The monoisotopic (exact) mass is 587 g/mol.